The van der Waals surface area contributed by atoms with E-state index < -0.39 is 6.09 Å². The highest BCUT2D eigenvalue weighted by molar-refractivity contribution is 5.64. The zero-order chi connectivity index (χ0) is 43.6. The zero-order valence-electron chi connectivity index (χ0n) is 42.2. The van der Waals surface area contributed by atoms with Crippen molar-refractivity contribution in [3.05, 3.63) is 0 Å². The topological polar surface area (TPSA) is 52.3 Å². The molecule has 0 unspecified atom stereocenters. The summed E-state index contributed by atoms with van der Waals surface area (Å²) in [7, 11) is 0. The van der Waals surface area contributed by atoms with E-state index in [1.54, 1.807) is 0 Å². The summed E-state index contributed by atoms with van der Waals surface area (Å²) in [5.41, 5.74) is 5.73. The number of carbonyl (C=O) groups is 1. The van der Waals surface area contributed by atoms with E-state index in [1.807, 2.05) is 0 Å². The second kappa shape index (κ2) is 50.9. The van der Waals surface area contributed by atoms with Crippen molar-refractivity contribution in [1.82, 2.24) is 0 Å². The van der Waals surface area contributed by atoms with Gasteiger partial charge in [-0.3, -0.25) is 0 Å². The molecule has 2 N–H and O–H groups in total. The Kier molecular flexibility index (Phi) is 50.3. The first kappa shape index (κ1) is 59.3. The molecule has 0 aromatic rings. The van der Waals surface area contributed by atoms with Crippen LogP contribution in [-0.4, -0.2) is 12.7 Å². The van der Waals surface area contributed by atoms with Crippen molar-refractivity contribution < 1.29 is 9.53 Å². The predicted molar refractivity (Wildman–Crippen MR) is 270 cm³/mol. The first-order valence-electron chi connectivity index (χ1n) is 28.5. The third kappa shape index (κ3) is 46.8. The Balaban J connectivity index is 4.50. The first-order chi connectivity index (χ1) is 29.6. The quantitative estimate of drug-likeness (QED) is 0.0620. The van der Waals surface area contributed by atoms with E-state index in [2.05, 4.69) is 20.8 Å². The maximum Gasteiger partial charge on any atom is 0.404 e. The predicted octanol–water partition coefficient (Wildman–Crippen LogP) is 21.0. The Morgan fingerprint density at radius 3 is 0.583 bits per heavy atom. The molecule has 0 heterocycles. The molecular weight excluding hydrogens is 731 g/mol. The standard InChI is InChI=1S/C57H115NO2/c1-4-7-10-13-16-19-22-25-28-31-34-37-40-43-46-49-52-57(55-60-56(58)59,53-50-47-44-41-38-35-32-29-26-23-20-17-14-11-8-5-2)54-51-48-45-42-39-36-33-30-27-24-21-18-15-12-9-6-3/h4-55H2,1-3H3,(H2,58,59). The van der Waals surface area contributed by atoms with E-state index in [4.69, 9.17) is 10.5 Å². The van der Waals surface area contributed by atoms with Crippen molar-refractivity contribution in [3.8, 4) is 0 Å². The lowest BCUT2D eigenvalue weighted by Crippen LogP contribution is -2.30. The van der Waals surface area contributed by atoms with Crippen LogP contribution in [0.1, 0.15) is 348 Å². The number of ether oxygens (including phenoxy) is 1. The van der Waals surface area contributed by atoms with Crippen molar-refractivity contribution in [2.75, 3.05) is 6.61 Å². The van der Waals surface area contributed by atoms with Gasteiger partial charge in [0, 0.05) is 5.41 Å². The summed E-state index contributed by atoms with van der Waals surface area (Å²) >= 11 is 0. The Morgan fingerprint density at radius 2 is 0.433 bits per heavy atom. The number of amides is 1. The van der Waals surface area contributed by atoms with E-state index in [0.29, 0.717) is 6.61 Å². The van der Waals surface area contributed by atoms with Crippen molar-refractivity contribution in [3.63, 3.8) is 0 Å². The number of hydrogen-bond acceptors (Lipinski definition) is 2. The molecule has 0 rings (SSSR count). The SMILES string of the molecule is CCCCCCCCCCCCCCCCCCC(CCCCCCCCCCCCCCCCCC)(CCCCCCCCCCCCCCCCCC)COC(N)=O. The highest BCUT2D eigenvalue weighted by Crippen LogP contribution is 2.38. The lowest BCUT2D eigenvalue weighted by Gasteiger charge is -2.34. The van der Waals surface area contributed by atoms with E-state index in [-0.39, 0.29) is 5.41 Å². The average Bonchev–Trinajstić information content (AvgIpc) is 3.25. The van der Waals surface area contributed by atoms with Crippen LogP contribution >= 0.6 is 0 Å². The molecule has 1 amide bonds. The van der Waals surface area contributed by atoms with E-state index in [0.717, 1.165) is 0 Å². The minimum Gasteiger partial charge on any atom is -0.449 e. The maximum absolute atomic E-state index is 11.9. The fourth-order valence-corrected chi connectivity index (χ4v) is 9.96. The van der Waals surface area contributed by atoms with Crippen molar-refractivity contribution in [2.24, 2.45) is 11.1 Å². The molecule has 0 radical (unpaired) electrons. The molecule has 0 atom stereocenters. The molecule has 0 spiro atoms. The average molecular weight is 847 g/mol. The Bertz CT molecular complexity index is 709. The van der Waals surface area contributed by atoms with Gasteiger partial charge in [0.25, 0.3) is 0 Å². The Morgan fingerprint density at radius 1 is 0.283 bits per heavy atom. The summed E-state index contributed by atoms with van der Waals surface area (Å²) in [5, 5.41) is 0. The van der Waals surface area contributed by atoms with Gasteiger partial charge in [0.1, 0.15) is 0 Å². The molecule has 0 aliphatic heterocycles. The van der Waals surface area contributed by atoms with Crippen LogP contribution in [0.4, 0.5) is 4.79 Å². The molecule has 0 aliphatic rings. The molecule has 0 saturated carbocycles. The molecular formula is C57H115NO2. The number of nitrogens with two attached hydrogens (primary N) is 1. The van der Waals surface area contributed by atoms with Crippen molar-refractivity contribution in [1.29, 1.82) is 0 Å². The molecule has 60 heavy (non-hydrogen) atoms. The van der Waals surface area contributed by atoms with Gasteiger partial charge in [-0.05, 0) is 19.3 Å². The van der Waals surface area contributed by atoms with Gasteiger partial charge in [-0.15, -0.1) is 0 Å². The van der Waals surface area contributed by atoms with Crippen LogP contribution in [0.25, 0.3) is 0 Å². The van der Waals surface area contributed by atoms with E-state index in [1.165, 1.54) is 327 Å². The van der Waals surface area contributed by atoms with Gasteiger partial charge < -0.3 is 10.5 Å². The van der Waals surface area contributed by atoms with Gasteiger partial charge in [-0.25, -0.2) is 4.79 Å². The number of hydrogen-bond donors (Lipinski definition) is 1. The summed E-state index contributed by atoms with van der Waals surface area (Å²) in [5.74, 6) is 0. The number of carbonyl (C=O) groups excluding carboxylic acids is 1. The fraction of sp³-hybridized carbons (Fsp3) is 0.982. The third-order valence-electron chi connectivity index (χ3n) is 14.2. The first-order valence-corrected chi connectivity index (χ1v) is 28.5. The largest absolute Gasteiger partial charge is 0.449 e. The zero-order valence-corrected chi connectivity index (χ0v) is 42.2. The minimum absolute atomic E-state index is 0.122. The van der Waals surface area contributed by atoms with Crippen LogP contribution in [0.2, 0.25) is 0 Å². The van der Waals surface area contributed by atoms with Crippen LogP contribution < -0.4 is 5.73 Å². The summed E-state index contributed by atoms with van der Waals surface area (Å²) in [6.45, 7) is 7.46. The monoisotopic (exact) mass is 846 g/mol. The molecule has 360 valence electrons. The third-order valence-corrected chi connectivity index (χ3v) is 14.2. The highest BCUT2D eigenvalue weighted by Gasteiger charge is 2.30. The molecule has 0 aromatic heterocycles. The Labute approximate surface area is 380 Å². The van der Waals surface area contributed by atoms with Crippen LogP contribution in [-0.2, 0) is 4.74 Å². The van der Waals surface area contributed by atoms with E-state index in [9.17, 15) is 4.79 Å². The number of rotatable bonds is 53. The van der Waals surface area contributed by atoms with Gasteiger partial charge in [-0.1, -0.05) is 329 Å². The molecule has 0 aliphatic carbocycles. The molecule has 3 nitrogen and oxygen atoms in total. The highest BCUT2D eigenvalue weighted by atomic mass is 16.5. The minimum atomic E-state index is -0.578. The van der Waals surface area contributed by atoms with Crippen LogP contribution in [0.3, 0.4) is 0 Å². The summed E-state index contributed by atoms with van der Waals surface area (Å²) in [6.07, 6.45) is 70.6. The van der Waals surface area contributed by atoms with Crippen molar-refractivity contribution >= 4 is 6.09 Å². The van der Waals surface area contributed by atoms with Gasteiger partial charge in [0.2, 0.25) is 0 Å². The van der Waals surface area contributed by atoms with Crippen LogP contribution in [0.15, 0.2) is 0 Å². The number of unbranched alkanes of at least 4 members (excludes halogenated alkanes) is 45. The second-order valence-corrected chi connectivity index (χ2v) is 20.3. The normalized spacial score (nSPS) is 11.8. The summed E-state index contributed by atoms with van der Waals surface area (Å²) < 4.78 is 5.68. The van der Waals surface area contributed by atoms with Gasteiger partial charge in [-0.2, -0.15) is 0 Å². The molecule has 0 fully saturated rings. The van der Waals surface area contributed by atoms with Gasteiger partial charge in [0.05, 0.1) is 6.61 Å². The smallest absolute Gasteiger partial charge is 0.404 e. The molecule has 0 saturated heterocycles. The van der Waals surface area contributed by atoms with Gasteiger partial charge in [0.15, 0.2) is 0 Å². The molecule has 3 heteroatoms. The summed E-state index contributed by atoms with van der Waals surface area (Å²) in [4.78, 5) is 11.9. The van der Waals surface area contributed by atoms with Crippen molar-refractivity contribution in [2.45, 2.75) is 348 Å². The fourth-order valence-electron chi connectivity index (χ4n) is 9.96. The summed E-state index contributed by atoms with van der Waals surface area (Å²) in [6, 6.07) is 0. The maximum atomic E-state index is 11.9. The lowest BCUT2D eigenvalue weighted by atomic mass is 9.74. The number of primary amides is 1. The molecule has 0 bridgehead atoms. The van der Waals surface area contributed by atoms with Gasteiger partial charge >= 0.3 is 6.09 Å². The lowest BCUT2D eigenvalue weighted by molar-refractivity contribution is 0.0625. The van der Waals surface area contributed by atoms with Crippen LogP contribution in [0.5, 0.6) is 0 Å². The molecule has 0 aromatic carbocycles. The van der Waals surface area contributed by atoms with E-state index >= 15 is 0 Å². The second-order valence-electron chi connectivity index (χ2n) is 20.3. The van der Waals surface area contributed by atoms with Crippen LogP contribution in [0, 0.1) is 5.41 Å². The Hall–Kier alpha value is -0.730.